The van der Waals surface area contributed by atoms with Crippen LogP contribution >= 0.6 is 11.6 Å². The van der Waals surface area contributed by atoms with Crippen molar-refractivity contribution in [1.29, 1.82) is 0 Å². The molecule has 1 aliphatic rings. The zero-order valence-electron chi connectivity index (χ0n) is 15.3. The summed E-state index contributed by atoms with van der Waals surface area (Å²) in [4.78, 5) is 39.0. The van der Waals surface area contributed by atoms with E-state index in [2.05, 4.69) is 5.32 Å². The van der Waals surface area contributed by atoms with E-state index in [4.69, 9.17) is 11.6 Å². The molecule has 0 bridgehead atoms. The summed E-state index contributed by atoms with van der Waals surface area (Å²) in [6, 6.07) is 15.1. The molecule has 0 fully saturated rings. The number of imide groups is 1. The Morgan fingerprint density at radius 3 is 2.31 bits per heavy atom. The summed E-state index contributed by atoms with van der Waals surface area (Å²) in [5.41, 5.74) is 1.20. The predicted octanol–water partition coefficient (Wildman–Crippen LogP) is 4.21. The van der Waals surface area contributed by atoms with Crippen molar-refractivity contribution in [3.8, 4) is 5.75 Å². The van der Waals surface area contributed by atoms with Crippen LogP contribution in [0.25, 0.3) is 10.8 Å². The lowest BCUT2D eigenvalue weighted by Crippen LogP contribution is -2.41. The average Bonchev–Trinajstić information content (AvgIpc) is 2.71. The highest BCUT2D eigenvalue weighted by Crippen LogP contribution is 2.30. The topological polar surface area (TPSA) is 86.7 Å². The van der Waals surface area contributed by atoms with Gasteiger partial charge in [-0.3, -0.25) is 19.3 Å². The third-order valence-electron chi connectivity index (χ3n) is 4.87. The Balaban J connectivity index is 1.44. The van der Waals surface area contributed by atoms with E-state index in [9.17, 15) is 19.5 Å². The molecule has 0 saturated heterocycles. The number of carbonyl (C=O) groups excluding carboxylic acids is 3. The standard InChI is InChI=1S/C22H17ClN2O4/c23-14-9-10-18(26)17(12-14)24-19(27)8-3-11-25-21(28)15-6-1-4-13-5-2-7-16(20(13)15)22(25)29/h1-2,4-7,9-10,12,26H,3,8,11H2,(H,24,27). The number of aromatic hydroxyl groups is 1. The molecule has 1 heterocycles. The van der Waals surface area contributed by atoms with Crippen molar-refractivity contribution in [2.45, 2.75) is 12.8 Å². The van der Waals surface area contributed by atoms with Gasteiger partial charge in [-0.05, 0) is 42.1 Å². The molecule has 0 unspecified atom stereocenters. The minimum Gasteiger partial charge on any atom is -0.506 e. The number of nitrogens with one attached hydrogen (secondary N) is 1. The first-order valence-electron chi connectivity index (χ1n) is 9.12. The first kappa shape index (κ1) is 19.0. The van der Waals surface area contributed by atoms with Crippen LogP contribution in [0.4, 0.5) is 5.69 Å². The summed E-state index contributed by atoms with van der Waals surface area (Å²) in [6.07, 6.45) is 0.373. The Morgan fingerprint density at radius 1 is 1.00 bits per heavy atom. The maximum Gasteiger partial charge on any atom is 0.261 e. The number of phenolic OH excluding ortho intramolecular Hbond substituents is 1. The van der Waals surface area contributed by atoms with Crippen LogP contribution in [0.15, 0.2) is 54.6 Å². The second-order valence-corrected chi connectivity index (χ2v) is 7.22. The number of hydrogen-bond donors (Lipinski definition) is 2. The minimum atomic E-state index is -0.354. The van der Waals surface area contributed by atoms with Gasteiger partial charge in [-0.15, -0.1) is 0 Å². The molecule has 0 radical (unpaired) electrons. The van der Waals surface area contributed by atoms with Crippen LogP contribution in [-0.2, 0) is 4.79 Å². The molecule has 0 atom stereocenters. The monoisotopic (exact) mass is 408 g/mol. The molecule has 3 amide bonds. The van der Waals surface area contributed by atoms with Gasteiger partial charge in [-0.1, -0.05) is 35.9 Å². The highest BCUT2D eigenvalue weighted by Gasteiger charge is 2.32. The normalized spacial score (nSPS) is 13.1. The van der Waals surface area contributed by atoms with Gasteiger partial charge < -0.3 is 10.4 Å². The number of nitrogens with zero attached hydrogens (tertiary/aromatic N) is 1. The fourth-order valence-corrected chi connectivity index (χ4v) is 3.67. The van der Waals surface area contributed by atoms with Crippen molar-refractivity contribution in [3.63, 3.8) is 0 Å². The Bertz CT molecular complexity index is 1110. The largest absolute Gasteiger partial charge is 0.506 e. The molecule has 3 aromatic carbocycles. The zero-order valence-corrected chi connectivity index (χ0v) is 16.1. The summed E-state index contributed by atoms with van der Waals surface area (Å²) >= 11 is 5.87. The molecule has 0 saturated carbocycles. The first-order chi connectivity index (χ1) is 14.0. The first-order valence-corrected chi connectivity index (χ1v) is 9.50. The van der Waals surface area contributed by atoms with Crippen molar-refractivity contribution >= 4 is 45.8 Å². The van der Waals surface area contributed by atoms with E-state index in [0.717, 1.165) is 5.39 Å². The van der Waals surface area contributed by atoms with E-state index in [0.29, 0.717) is 28.0 Å². The van der Waals surface area contributed by atoms with Crippen molar-refractivity contribution in [2.24, 2.45) is 0 Å². The lowest BCUT2D eigenvalue weighted by atomic mass is 9.94. The Labute approximate surface area is 171 Å². The van der Waals surface area contributed by atoms with Crippen molar-refractivity contribution in [3.05, 3.63) is 70.7 Å². The summed E-state index contributed by atoms with van der Waals surface area (Å²) in [5, 5.41) is 14.3. The van der Waals surface area contributed by atoms with Crippen molar-refractivity contribution < 1.29 is 19.5 Å². The van der Waals surface area contributed by atoms with E-state index in [1.807, 2.05) is 12.1 Å². The lowest BCUT2D eigenvalue weighted by Gasteiger charge is -2.27. The van der Waals surface area contributed by atoms with E-state index in [1.165, 1.54) is 23.1 Å². The second kappa shape index (κ2) is 7.56. The molecule has 29 heavy (non-hydrogen) atoms. The minimum absolute atomic E-state index is 0.0782. The van der Waals surface area contributed by atoms with Gasteiger partial charge in [-0.2, -0.15) is 0 Å². The number of rotatable bonds is 5. The number of phenols is 1. The van der Waals surface area contributed by atoms with Gasteiger partial charge in [-0.25, -0.2) is 0 Å². The second-order valence-electron chi connectivity index (χ2n) is 6.78. The van der Waals surface area contributed by atoms with Gasteiger partial charge in [0, 0.05) is 34.5 Å². The van der Waals surface area contributed by atoms with Crippen LogP contribution < -0.4 is 5.32 Å². The fraction of sp³-hybridized carbons (Fsp3) is 0.136. The highest BCUT2D eigenvalue weighted by molar-refractivity contribution is 6.31. The molecule has 7 heteroatoms. The number of carbonyl (C=O) groups is 3. The van der Waals surface area contributed by atoms with Gasteiger partial charge in [0.1, 0.15) is 5.75 Å². The molecular formula is C22H17ClN2O4. The SMILES string of the molecule is O=C(CCCN1C(=O)c2cccc3cccc(c23)C1=O)Nc1cc(Cl)ccc1O. The summed E-state index contributed by atoms with van der Waals surface area (Å²) < 4.78 is 0. The lowest BCUT2D eigenvalue weighted by molar-refractivity contribution is -0.116. The third kappa shape index (κ3) is 3.54. The molecule has 0 aliphatic carbocycles. The zero-order chi connectivity index (χ0) is 20.5. The van der Waals surface area contributed by atoms with Crippen LogP contribution in [0.5, 0.6) is 5.75 Å². The van der Waals surface area contributed by atoms with E-state index in [1.54, 1.807) is 24.3 Å². The maximum absolute atomic E-state index is 12.8. The predicted molar refractivity (Wildman–Crippen MR) is 110 cm³/mol. The summed E-state index contributed by atoms with van der Waals surface area (Å²) in [6.45, 7) is 0.122. The number of benzene rings is 3. The number of anilines is 1. The van der Waals surface area contributed by atoms with Gasteiger partial charge >= 0.3 is 0 Å². The van der Waals surface area contributed by atoms with E-state index >= 15 is 0 Å². The molecule has 0 aromatic heterocycles. The fourth-order valence-electron chi connectivity index (χ4n) is 3.50. The van der Waals surface area contributed by atoms with Crippen LogP contribution in [0.3, 0.4) is 0 Å². The molecule has 2 N–H and O–H groups in total. The molecule has 6 nitrogen and oxygen atoms in total. The Morgan fingerprint density at radius 2 is 1.66 bits per heavy atom. The molecule has 3 aromatic rings. The van der Waals surface area contributed by atoms with Crippen LogP contribution in [0.1, 0.15) is 33.6 Å². The Kier molecular flexibility index (Phi) is 4.94. The van der Waals surface area contributed by atoms with E-state index in [-0.39, 0.29) is 42.1 Å². The third-order valence-corrected chi connectivity index (χ3v) is 5.11. The maximum atomic E-state index is 12.8. The molecular weight excluding hydrogens is 392 g/mol. The van der Waals surface area contributed by atoms with E-state index < -0.39 is 0 Å². The van der Waals surface area contributed by atoms with Crippen molar-refractivity contribution in [2.75, 3.05) is 11.9 Å². The van der Waals surface area contributed by atoms with Crippen LogP contribution in [-0.4, -0.2) is 34.3 Å². The smallest absolute Gasteiger partial charge is 0.261 e. The summed E-state index contributed by atoms with van der Waals surface area (Å²) in [5.74, 6) is -1.14. The molecule has 4 rings (SSSR count). The average molecular weight is 409 g/mol. The van der Waals surface area contributed by atoms with Gasteiger partial charge in [0.05, 0.1) is 5.69 Å². The number of halogens is 1. The molecule has 0 spiro atoms. The summed E-state index contributed by atoms with van der Waals surface area (Å²) in [7, 11) is 0. The number of amides is 3. The van der Waals surface area contributed by atoms with Crippen molar-refractivity contribution in [1.82, 2.24) is 4.90 Å². The van der Waals surface area contributed by atoms with Gasteiger partial charge in [0.25, 0.3) is 11.8 Å². The highest BCUT2D eigenvalue weighted by atomic mass is 35.5. The quantitative estimate of drug-likeness (QED) is 0.489. The molecule has 1 aliphatic heterocycles. The number of hydrogen-bond acceptors (Lipinski definition) is 4. The van der Waals surface area contributed by atoms with Crippen LogP contribution in [0.2, 0.25) is 5.02 Å². The van der Waals surface area contributed by atoms with Gasteiger partial charge in [0.15, 0.2) is 0 Å². The molecule has 146 valence electrons. The van der Waals surface area contributed by atoms with Crippen LogP contribution in [0, 0.1) is 0 Å². The Hall–Kier alpha value is -3.38. The van der Waals surface area contributed by atoms with Gasteiger partial charge in [0.2, 0.25) is 5.91 Å².